The van der Waals surface area contributed by atoms with Gasteiger partial charge in [-0.05, 0) is 135 Å². The second kappa shape index (κ2) is 65.8. The summed E-state index contributed by atoms with van der Waals surface area (Å²) in [5.41, 5.74) is 0. The highest BCUT2D eigenvalue weighted by Gasteiger charge is 2.19. The predicted octanol–water partition coefficient (Wildman–Crippen LogP) is 22.3. The van der Waals surface area contributed by atoms with E-state index in [4.69, 9.17) is 14.2 Å². The van der Waals surface area contributed by atoms with E-state index in [9.17, 15) is 14.4 Å². The molecule has 0 amide bonds. The molecule has 6 nitrogen and oxygen atoms in total. The van der Waals surface area contributed by atoms with Gasteiger partial charge in [0.15, 0.2) is 6.10 Å². The summed E-state index contributed by atoms with van der Waals surface area (Å²) in [5, 5.41) is 0. The summed E-state index contributed by atoms with van der Waals surface area (Å²) >= 11 is 0. The van der Waals surface area contributed by atoms with E-state index < -0.39 is 6.10 Å². The van der Waals surface area contributed by atoms with Gasteiger partial charge in [-0.25, -0.2) is 0 Å². The fourth-order valence-corrected chi connectivity index (χ4v) is 8.59. The van der Waals surface area contributed by atoms with Gasteiger partial charge in [0.1, 0.15) is 13.2 Å². The first kappa shape index (κ1) is 74.3. The zero-order valence-electron chi connectivity index (χ0n) is 51.1. The normalized spacial score (nSPS) is 13.1. The molecule has 0 aliphatic rings. The van der Waals surface area contributed by atoms with Gasteiger partial charge in [0.25, 0.3) is 0 Å². The second-order valence-corrected chi connectivity index (χ2v) is 20.9. The fourth-order valence-electron chi connectivity index (χ4n) is 8.59. The number of carbonyl (C=O) groups is 3. The van der Waals surface area contributed by atoms with Crippen LogP contribution in [-0.2, 0) is 28.6 Å². The molecule has 0 fully saturated rings. The molecule has 0 saturated carbocycles. The molecule has 0 aromatic carbocycles. The summed E-state index contributed by atoms with van der Waals surface area (Å²) in [4.78, 5) is 38.4. The van der Waals surface area contributed by atoms with Crippen molar-refractivity contribution in [3.05, 3.63) is 146 Å². The van der Waals surface area contributed by atoms with Crippen molar-refractivity contribution in [2.75, 3.05) is 13.2 Å². The van der Waals surface area contributed by atoms with Crippen LogP contribution in [0.3, 0.4) is 0 Å². The van der Waals surface area contributed by atoms with Crippen LogP contribution in [0, 0.1) is 0 Å². The highest BCUT2D eigenvalue weighted by molar-refractivity contribution is 5.71. The van der Waals surface area contributed by atoms with Crippen LogP contribution in [-0.4, -0.2) is 37.2 Å². The SMILES string of the molecule is CC/C=C\C/C=C\C/C=C\C/C=C\CCCCCCCCCCCCCCC(=O)OCC(COC(=O)CCCCCC/C=C\C/C=C\C/C=C\C/C=C\CC)OC(=O)CCCCCCCC/C=C\C/C=C\C/C=C\C/C=C\CC. The number of hydrogen-bond donors (Lipinski definition) is 0. The number of unbranched alkanes of at least 4 members (excludes halogenated alkanes) is 22. The Balaban J connectivity index is 4.43. The molecule has 1 atom stereocenters. The molecule has 0 aromatic rings. The summed E-state index contributed by atoms with van der Waals surface area (Å²) in [5.74, 6) is -0.936. The average molecular weight is 1090 g/mol. The number of carbonyl (C=O) groups excluding carboxylic acids is 3. The lowest BCUT2D eigenvalue weighted by Gasteiger charge is -2.18. The third-order valence-corrected chi connectivity index (χ3v) is 13.3. The summed E-state index contributed by atoms with van der Waals surface area (Å²) in [6, 6.07) is 0. The lowest BCUT2D eigenvalue weighted by molar-refractivity contribution is -0.167. The van der Waals surface area contributed by atoms with Gasteiger partial charge >= 0.3 is 17.9 Å². The first-order chi connectivity index (χ1) is 39.0. The van der Waals surface area contributed by atoms with Gasteiger partial charge in [0, 0.05) is 19.3 Å². The number of allylic oxidation sites excluding steroid dienone is 24. The monoisotopic (exact) mass is 1090 g/mol. The van der Waals surface area contributed by atoms with Crippen molar-refractivity contribution in [2.24, 2.45) is 0 Å². The lowest BCUT2D eigenvalue weighted by atomic mass is 10.0. The van der Waals surface area contributed by atoms with Crippen molar-refractivity contribution in [3.8, 4) is 0 Å². The highest BCUT2D eigenvalue weighted by Crippen LogP contribution is 2.15. The van der Waals surface area contributed by atoms with E-state index in [1.165, 1.54) is 77.0 Å². The van der Waals surface area contributed by atoms with E-state index in [0.717, 1.165) is 161 Å². The van der Waals surface area contributed by atoms with Gasteiger partial charge in [-0.2, -0.15) is 0 Å². The Hall–Kier alpha value is -4.71. The molecule has 446 valence electrons. The first-order valence-electron chi connectivity index (χ1n) is 32.3. The van der Waals surface area contributed by atoms with Gasteiger partial charge in [-0.1, -0.05) is 269 Å². The van der Waals surface area contributed by atoms with Crippen molar-refractivity contribution in [1.82, 2.24) is 0 Å². The van der Waals surface area contributed by atoms with Crippen molar-refractivity contribution in [2.45, 2.75) is 284 Å². The highest BCUT2D eigenvalue weighted by atomic mass is 16.6. The van der Waals surface area contributed by atoms with Crippen LogP contribution in [0.2, 0.25) is 0 Å². The molecule has 0 N–H and O–H groups in total. The second-order valence-electron chi connectivity index (χ2n) is 20.9. The van der Waals surface area contributed by atoms with E-state index in [1.54, 1.807) is 0 Å². The third-order valence-electron chi connectivity index (χ3n) is 13.3. The van der Waals surface area contributed by atoms with Crippen molar-refractivity contribution >= 4 is 17.9 Å². The largest absolute Gasteiger partial charge is 0.462 e. The van der Waals surface area contributed by atoms with Gasteiger partial charge < -0.3 is 14.2 Å². The van der Waals surface area contributed by atoms with E-state index in [-0.39, 0.29) is 31.1 Å². The molecule has 0 aliphatic carbocycles. The maximum atomic E-state index is 12.9. The van der Waals surface area contributed by atoms with E-state index in [0.29, 0.717) is 19.3 Å². The first-order valence-corrected chi connectivity index (χ1v) is 32.3. The summed E-state index contributed by atoms with van der Waals surface area (Å²) in [6.07, 6.45) is 94.2. The molecule has 0 aliphatic heterocycles. The quantitative estimate of drug-likeness (QED) is 0.0261. The Morgan fingerprint density at radius 1 is 0.253 bits per heavy atom. The van der Waals surface area contributed by atoms with Crippen molar-refractivity contribution in [1.29, 1.82) is 0 Å². The van der Waals surface area contributed by atoms with Gasteiger partial charge in [0.2, 0.25) is 0 Å². The summed E-state index contributed by atoms with van der Waals surface area (Å²) in [6.45, 7) is 6.28. The average Bonchev–Trinajstić information content (AvgIpc) is 3.45. The Labute approximate surface area is 487 Å². The van der Waals surface area contributed by atoms with Crippen LogP contribution in [0.1, 0.15) is 278 Å². The molecule has 0 radical (unpaired) electrons. The lowest BCUT2D eigenvalue weighted by Crippen LogP contribution is -2.30. The Kier molecular flexibility index (Phi) is 61.9. The number of esters is 3. The van der Waals surface area contributed by atoms with Crippen LogP contribution < -0.4 is 0 Å². The zero-order chi connectivity index (χ0) is 57.1. The van der Waals surface area contributed by atoms with Crippen LogP contribution >= 0.6 is 0 Å². The summed E-state index contributed by atoms with van der Waals surface area (Å²) in [7, 11) is 0. The fraction of sp³-hybridized carbons (Fsp3) is 0.630. The van der Waals surface area contributed by atoms with Gasteiger partial charge in [-0.15, -0.1) is 0 Å². The minimum absolute atomic E-state index is 0.0975. The van der Waals surface area contributed by atoms with E-state index >= 15 is 0 Å². The number of ether oxygens (including phenoxy) is 3. The summed E-state index contributed by atoms with van der Waals surface area (Å²) < 4.78 is 16.9. The third kappa shape index (κ3) is 64.0. The standard InChI is InChI=1S/C73H118O6/c1-4-7-10-13-16-19-22-25-28-31-33-34-35-36-37-38-40-42-45-48-51-54-57-60-63-66-72(75)78-69-70(68-77-71(74)65-62-59-56-53-50-47-44-41-30-27-24-21-18-15-12-9-6-3)79-73(76)67-64-61-58-55-52-49-46-43-39-32-29-26-23-20-17-14-11-8-5-2/h7-12,16-21,25-30,33-34,39,43-44,47,70H,4-6,13-15,22-24,31-32,35-38,40-42,45-46,48-69H2,1-3H3/b10-7-,11-8-,12-9-,19-16-,20-17-,21-18-,28-25-,29-26-,30-27-,34-33-,43-39-,47-44-. The molecule has 0 bridgehead atoms. The Morgan fingerprint density at radius 2 is 0.456 bits per heavy atom. The minimum Gasteiger partial charge on any atom is -0.462 e. The topological polar surface area (TPSA) is 78.9 Å². The van der Waals surface area contributed by atoms with Crippen LogP contribution in [0.4, 0.5) is 0 Å². The molecular weight excluding hydrogens is 973 g/mol. The van der Waals surface area contributed by atoms with Crippen LogP contribution in [0.25, 0.3) is 0 Å². The van der Waals surface area contributed by atoms with Crippen molar-refractivity contribution < 1.29 is 28.6 Å². The molecule has 1 unspecified atom stereocenters. The van der Waals surface area contributed by atoms with E-state index in [1.807, 2.05) is 0 Å². The molecule has 6 heteroatoms. The minimum atomic E-state index is -0.805. The van der Waals surface area contributed by atoms with Crippen LogP contribution in [0.15, 0.2) is 146 Å². The molecule has 79 heavy (non-hydrogen) atoms. The van der Waals surface area contributed by atoms with Crippen LogP contribution in [0.5, 0.6) is 0 Å². The van der Waals surface area contributed by atoms with Crippen molar-refractivity contribution in [3.63, 3.8) is 0 Å². The Morgan fingerprint density at radius 3 is 0.709 bits per heavy atom. The maximum absolute atomic E-state index is 12.9. The Bertz CT molecular complexity index is 1730. The van der Waals surface area contributed by atoms with E-state index in [2.05, 4.69) is 167 Å². The molecule has 0 aromatic heterocycles. The van der Waals surface area contributed by atoms with Gasteiger partial charge in [0.05, 0.1) is 0 Å². The zero-order valence-corrected chi connectivity index (χ0v) is 51.1. The molecular formula is C73H118O6. The molecule has 0 spiro atoms. The van der Waals surface area contributed by atoms with Gasteiger partial charge in [-0.3, -0.25) is 14.4 Å². The molecule has 0 heterocycles. The smallest absolute Gasteiger partial charge is 0.306 e. The molecule has 0 rings (SSSR count). The number of rotatable bonds is 57. The maximum Gasteiger partial charge on any atom is 0.306 e. The molecule has 0 saturated heterocycles. The predicted molar refractivity (Wildman–Crippen MR) is 343 cm³/mol. The number of hydrogen-bond acceptors (Lipinski definition) is 6.